The summed E-state index contributed by atoms with van der Waals surface area (Å²) in [7, 11) is 0. The van der Waals surface area contributed by atoms with E-state index in [4.69, 9.17) is 0 Å². The lowest BCUT2D eigenvalue weighted by Crippen LogP contribution is -1.99. The van der Waals surface area contributed by atoms with E-state index >= 15 is 0 Å². The Hall–Kier alpha value is -1.71. The number of halogens is 1. The molecule has 3 heteroatoms. The Balaban J connectivity index is 2.18. The first kappa shape index (κ1) is 12.3. The zero-order chi connectivity index (χ0) is 13.4. The maximum Gasteiger partial charge on any atom is 0.131 e. The Bertz CT molecular complexity index is 732. The zero-order valence-electron chi connectivity index (χ0n) is 10.4. The highest BCUT2D eigenvalue weighted by Gasteiger charge is 2.16. The van der Waals surface area contributed by atoms with Gasteiger partial charge in [-0.1, -0.05) is 30.3 Å². The van der Waals surface area contributed by atoms with Crippen LogP contribution in [0.15, 0.2) is 48.5 Å². The second-order valence-electron chi connectivity index (χ2n) is 4.53. The van der Waals surface area contributed by atoms with E-state index < -0.39 is 6.10 Å². The molecule has 1 heterocycles. The third-order valence-electron chi connectivity index (χ3n) is 3.23. The van der Waals surface area contributed by atoms with Gasteiger partial charge in [-0.2, -0.15) is 0 Å². The summed E-state index contributed by atoms with van der Waals surface area (Å²) in [5, 5.41) is 11.8. The van der Waals surface area contributed by atoms with Crippen LogP contribution in [0.1, 0.15) is 21.4 Å². The molecular formula is C16H13FOS. The van der Waals surface area contributed by atoms with Crippen LogP contribution in [0, 0.1) is 12.7 Å². The Morgan fingerprint density at radius 3 is 2.42 bits per heavy atom. The highest BCUT2D eigenvalue weighted by molar-refractivity contribution is 7.12. The zero-order valence-corrected chi connectivity index (χ0v) is 11.2. The van der Waals surface area contributed by atoms with Crippen LogP contribution in [0.2, 0.25) is 0 Å². The van der Waals surface area contributed by atoms with Crippen LogP contribution < -0.4 is 0 Å². The number of hydrogen-bond donors (Lipinski definition) is 1. The van der Waals surface area contributed by atoms with E-state index in [0.717, 1.165) is 20.7 Å². The molecule has 1 aromatic heterocycles. The minimum absolute atomic E-state index is 0.256. The molecule has 0 aliphatic heterocycles. The van der Waals surface area contributed by atoms with E-state index in [2.05, 4.69) is 0 Å². The fourth-order valence-corrected chi connectivity index (χ4v) is 3.16. The maximum absolute atomic E-state index is 13.8. The van der Waals surface area contributed by atoms with Crippen LogP contribution in [0.5, 0.6) is 0 Å². The van der Waals surface area contributed by atoms with Crippen molar-refractivity contribution in [2.45, 2.75) is 13.0 Å². The molecule has 0 fully saturated rings. The number of aliphatic hydroxyl groups is 1. The number of benzene rings is 2. The molecule has 1 N–H and O–H groups in total. The van der Waals surface area contributed by atoms with E-state index in [1.807, 2.05) is 31.2 Å². The SMILES string of the molecule is Cc1ccc(C(O)c2ccc(F)c3ccccc23)s1. The predicted octanol–water partition coefficient (Wildman–Crippen LogP) is 4.43. The van der Waals surface area contributed by atoms with Gasteiger partial charge < -0.3 is 5.11 Å². The van der Waals surface area contributed by atoms with Crippen molar-refractivity contribution in [2.75, 3.05) is 0 Å². The predicted molar refractivity (Wildman–Crippen MR) is 77.0 cm³/mol. The topological polar surface area (TPSA) is 20.2 Å². The molecule has 0 spiro atoms. The fraction of sp³-hybridized carbons (Fsp3) is 0.125. The van der Waals surface area contributed by atoms with Crippen molar-refractivity contribution in [3.05, 3.63) is 69.7 Å². The largest absolute Gasteiger partial charge is 0.383 e. The number of fused-ring (bicyclic) bond motifs is 1. The van der Waals surface area contributed by atoms with Crippen LogP contribution in [-0.2, 0) is 0 Å². The molecule has 0 saturated carbocycles. The summed E-state index contributed by atoms with van der Waals surface area (Å²) >= 11 is 1.56. The normalized spacial score (nSPS) is 12.8. The minimum atomic E-state index is -0.704. The minimum Gasteiger partial charge on any atom is -0.383 e. The first-order valence-corrected chi connectivity index (χ1v) is 6.90. The number of rotatable bonds is 2. The van der Waals surface area contributed by atoms with Crippen molar-refractivity contribution in [1.82, 2.24) is 0 Å². The lowest BCUT2D eigenvalue weighted by atomic mass is 9.99. The van der Waals surface area contributed by atoms with Crippen molar-refractivity contribution >= 4 is 22.1 Å². The van der Waals surface area contributed by atoms with E-state index in [9.17, 15) is 9.50 Å². The van der Waals surface area contributed by atoms with Crippen molar-refractivity contribution in [1.29, 1.82) is 0 Å². The molecule has 2 aromatic carbocycles. The van der Waals surface area contributed by atoms with E-state index in [1.54, 1.807) is 29.5 Å². The quantitative estimate of drug-likeness (QED) is 0.731. The maximum atomic E-state index is 13.8. The molecule has 0 amide bonds. The molecule has 0 radical (unpaired) electrons. The average molecular weight is 272 g/mol. The van der Waals surface area contributed by atoms with Gasteiger partial charge in [0.15, 0.2) is 0 Å². The van der Waals surface area contributed by atoms with Gasteiger partial charge in [-0.3, -0.25) is 0 Å². The Labute approximate surface area is 115 Å². The molecule has 1 nitrogen and oxygen atoms in total. The Kier molecular flexibility index (Phi) is 3.09. The van der Waals surface area contributed by atoms with Crippen LogP contribution in [0.4, 0.5) is 4.39 Å². The smallest absolute Gasteiger partial charge is 0.131 e. The molecule has 0 aliphatic rings. The van der Waals surface area contributed by atoms with Gasteiger partial charge in [0.05, 0.1) is 0 Å². The van der Waals surface area contributed by atoms with Gasteiger partial charge in [0.25, 0.3) is 0 Å². The lowest BCUT2D eigenvalue weighted by Gasteiger charge is -2.12. The number of thiophene rings is 1. The van der Waals surface area contributed by atoms with Gasteiger partial charge in [0.1, 0.15) is 11.9 Å². The van der Waals surface area contributed by atoms with Crippen molar-refractivity contribution < 1.29 is 9.50 Å². The average Bonchev–Trinajstić information content (AvgIpc) is 2.86. The summed E-state index contributed by atoms with van der Waals surface area (Å²) in [4.78, 5) is 2.04. The number of aryl methyl sites for hydroxylation is 1. The molecule has 0 aliphatic carbocycles. The number of hydrogen-bond acceptors (Lipinski definition) is 2. The molecule has 0 saturated heterocycles. The van der Waals surface area contributed by atoms with Crippen LogP contribution in [0.25, 0.3) is 10.8 Å². The van der Waals surface area contributed by atoms with Gasteiger partial charge >= 0.3 is 0 Å². The Morgan fingerprint density at radius 1 is 1.00 bits per heavy atom. The molecule has 3 aromatic rings. The summed E-state index contributed by atoms with van der Waals surface area (Å²) in [6, 6.07) is 14.2. The molecule has 1 unspecified atom stereocenters. The lowest BCUT2D eigenvalue weighted by molar-refractivity contribution is 0.225. The molecule has 0 bridgehead atoms. The second kappa shape index (κ2) is 4.76. The van der Waals surface area contributed by atoms with Gasteiger partial charge in [0, 0.05) is 15.1 Å². The molecule has 1 atom stereocenters. The van der Waals surface area contributed by atoms with Gasteiger partial charge in [0.2, 0.25) is 0 Å². The van der Waals surface area contributed by atoms with E-state index in [1.165, 1.54) is 6.07 Å². The summed E-state index contributed by atoms with van der Waals surface area (Å²) < 4.78 is 13.8. The molecular weight excluding hydrogens is 259 g/mol. The third kappa shape index (κ3) is 2.15. The molecule has 96 valence electrons. The second-order valence-corrected chi connectivity index (χ2v) is 5.85. The van der Waals surface area contributed by atoms with Gasteiger partial charge in [-0.05, 0) is 36.1 Å². The van der Waals surface area contributed by atoms with Crippen LogP contribution in [0.3, 0.4) is 0 Å². The first-order chi connectivity index (χ1) is 9.16. The molecule has 19 heavy (non-hydrogen) atoms. The monoisotopic (exact) mass is 272 g/mol. The van der Waals surface area contributed by atoms with Crippen molar-refractivity contribution in [3.63, 3.8) is 0 Å². The highest BCUT2D eigenvalue weighted by Crippen LogP contribution is 2.33. The van der Waals surface area contributed by atoms with Crippen LogP contribution in [-0.4, -0.2) is 5.11 Å². The molecule has 3 rings (SSSR count). The summed E-state index contributed by atoms with van der Waals surface area (Å²) in [6.07, 6.45) is -0.704. The standard InChI is InChI=1S/C16H13FOS/c1-10-6-9-15(19-10)16(18)13-7-8-14(17)12-5-3-2-4-11(12)13/h2-9,16,18H,1H3. The number of aliphatic hydroxyl groups excluding tert-OH is 1. The van der Waals surface area contributed by atoms with Crippen molar-refractivity contribution in [3.8, 4) is 0 Å². The van der Waals surface area contributed by atoms with Gasteiger partial charge in [-0.25, -0.2) is 4.39 Å². The first-order valence-electron chi connectivity index (χ1n) is 6.08. The summed E-state index contributed by atoms with van der Waals surface area (Å²) in [6.45, 7) is 2.00. The Morgan fingerprint density at radius 2 is 1.74 bits per heavy atom. The van der Waals surface area contributed by atoms with Gasteiger partial charge in [-0.15, -0.1) is 11.3 Å². The highest BCUT2D eigenvalue weighted by atomic mass is 32.1. The summed E-state index contributed by atoms with van der Waals surface area (Å²) in [5.41, 5.74) is 0.749. The summed E-state index contributed by atoms with van der Waals surface area (Å²) in [5.74, 6) is -0.256. The van der Waals surface area contributed by atoms with Crippen LogP contribution >= 0.6 is 11.3 Å². The van der Waals surface area contributed by atoms with E-state index in [-0.39, 0.29) is 5.82 Å². The fourth-order valence-electron chi connectivity index (χ4n) is 2.28. The third-order valence-corrected chi connectivity index (χ3v) is 4.28. The van der Waals surface area contributed by atoms with Crippen molar-refractivity contribution in [2.24, 2.45) is 0 Å². The van der Waals surface area contributed by atoms with E-state index in [0.29, 0.717) is 5.39 Å².